The van der Waals surface area contributed by atoms with E-state index in [-0.39, 0.29) is 0 Å². The second-order valence-corrected chi connectivity index (χ2v) is 5.82. The highest BCUT2D eigenvalue weighted by atomic mass is 79.9. The molecule has 0 saturated heterocycles. The van der Waals surface area contributed by atoms with Gasteiger partial charge >= 0.3 is 0 Å². The second kappa shape index (κ2) is 6.16. The minimum absolute atomic E-state index is 0.605. The van der Waals surface area contributed by atoms with Crippen molar-refractivity contribution >= 4 is 56.4 Å². The zero-order chi connectivity index (χ0) is 13.1. The zero-order valence-corrected chi connectivity index (χ0v) is 13.0. The van der Waals surface area contributed by atoms with Crippen LogP contribution in [0.15, 0.2) is 40.9 Å². The summed E-state index contributed by atoms with van der Waals surface area (Å²) in [6.07, 6.45) is 0. The summed E-state index contributed by atoms with van der Waals surface area (Å²) in [6, 6.07) is 11.1. The molecule has 2 rings (SSSR count). The highest BCUT2D eigenvalue weighted by Crippen LogP contribution is 2.27. The van der Waals surface area contributed by atoms with E-state index in [4.69, 9.17) is 34.8 Å². The van der Waals surface area contributed by atoms with Gasteiger partial charge in [0.15, 0.2) is 0 Å². The Morgan fingerprint density at radius 1 is 0.944 bits per heavy atom. The molecular formula is C13H9BrCl3N. The molecule has 0 fully saturated rings. The first kappa shape index (κ1) is 14.0. The van der Waals surface area contributed by atoms with Gasteiger partial charge < -0.3 is 5.32 Å². The molecule has 2 aromatic rings. The highest BCUT2D eigenvalue weighted by molar-refractivity contribution is 9.10. The van der Waals surface area contributed by atoms with E-state index in [1.807, 2.05) is 24.3 Å². The molecule has 94 valence electrons. The summed E-state index contributed by atoms with van der Waals surface area (Å²) in [7, 11) is 0. The summed E-state index contributed by atoms with van der Waals surface area (Å²) in [5.41, 5.74) is 1.91. The fraction of sp³-hybridized carbons (Fsp3) is 0.0769. The zero-order valence-electron chi connectivity index (χ0n) is 9.18. The van der Waals surface area contributed by atoms with Gasteiger partial charge in [0.1, 0.15) is 0 Å². The number of rotatable bonds is 3. The Bertz CT molecular complexity index is 572. The molecule has 0 unspecified atom stereocenters. The lowest BCUT2D eigenvalue weighted by atomic mass is 10.2. The number of halogens is 4. The van der Waals surface area contributed by atoms with E-state index in [2.05, 4.69) is 21.2 Å². The van der Waals surface area contributed by atoms with Crippen molar-refractivity contribution in [3.63, 3.8) is 0 Å². The second-order valence-electron chi connectivity index (χ2n) is 3.72. The fourth-order valence-electron chi connectivity index (χ4n) is 1.48. The van der Waals surface area contributed by atoms with Crippen molar-refractivity contribution < 1.29 is 0 Å². The molecule has 0 atom stereocenters. The topological polar surface area (TPSA) is 12.0 Å². The minimum Gasteiger partial charge on any atom is -0.381 e. The Morgan fingerprint density at radius 2 is 1.67 bits per heavy atom. The Balaban J connectivity index is 2.11. The molecule has 0 aliphatic carbocycles. The lowest BCUT2D eigenvalue weighted by Crippen LogP contribution is -2.00. The molecule has 0 radical (unpaired) electrons. The van der Waals surface area contributed by atoms with E-state index < -0.39 is 0 Å². The van der Waals surface area contributed by atoms with Crippen molar-refractivity contribution in [2.24, 2.45) is 0 Å². The SMILES string of the molecule is Clc1ccc(Cl)c(CNc2ccc(Cl)c(Br)c2)c1. The van der Waals surface area contributed by atoms with Gasteiger partial charge in [-0.05, 0) is 57.9 Å². The van der Waals surface area contributed by atoms with E-state index in [0.29, 0.717) is 21.6 Å². The molecular weight excluding hydrogens is 356 g/mol. The van der Waals surface area contributed by atoms with E-state index >= 15 is 0 Å². The van der Waals surface area contributed by atoms with Crippen LogP contribution in [-0.2, 0) is 6.54 Å². The monoisotopic (exact) mass is 363 g/mol. The number of nitrogens with one attached hydrogen (secondary N) is 1. The van der Waals surface area contributed by atoms with Crippen molar-refractivity contribution in [1.29, 1.82) is 0 Å². The summed E-state index contributed by atoms with van der Waals surface area (Å²) in [6.45, 7) is 0.605. The quantitative estimate of drug-likeness (QED) is 0.701. The third-order valence-electron chi connectivity index (χ3n) is 2.41. The Morgan fingerprint density at radius 3 is 2.39 bits per heavy atom. The number of hydrogen-bond donors (Lipinski definition) is 1. The van der Waals surface area contributed by atoms with Crippen molar-refractivity contribution in [2.45, 2.75) is 6.54 Å². The van der Waals surface area contributed by atoms with Crippen LogP contribution in [-0.4, -0.2) is 0 Å². The third kappa shape index (κ3) is 3.55. The van der Waals surface area contributed by atoms with Gasteiger partial charge in [0, 0.05) is 26.8 Å². The maximum atomic E-state index is 6.09. The van der Waals surface area contributed by atoms with Crippen LogP contribution in [0.3, 0.4) is 0 Å². The lowest BCUT2D eigenvalue weighted by molar-refractivity contribution is 1.15. The summed E-state index contributed by atoms with van der Waals surface area (Å²) < 4.78 is 0.853. The molecule has 0 bridgehead atoms. The molecule has 18 heavy (non-hydrogen) atoms. The lowest BCUT2D eigenvalue weighted by Gasteiger charge is -2.09. The highest BCUT2D eigenvalue weighted by Gasteiger charge is 2.03. The normalized spacial score (nSPS) is 10.4. The minimum atomic E-state index is 0.605. The molecule has 5 heteroatoms. The number of anilines is 1. The van der Waals surface area contributed by atoms with Crippen LogP contribution in [0.4, 0.5) is 5.69 Å². The molecule has 0 saturated carbocycles. The van der Waals surface area contributed by atoms with Crippen LogP contribution in [0.5, 0.6) is 0 Å². The van der Waals surface area contributed by atoms with Crippen LogP contribution < -0.4 is 5.32 Å². The van der Waals surface area contributed by atoms with Gasteiger partial charge in [0.25, 0.3) is 0 Å². The van der Waals surface area contributed by atoms with E-state index in [9.17, 15) is 0 Å². The average Bonchev–Trinajstić information content (AvgIpc) is 2.34. The number of benzene rings is 2. The smallest absolute Gasteiger partial charge is 0.0549 e. The maximum Gasteiger partial charge on any atom is 0.0549 e. The first-order chi connectivity index (χ1) is 8.56. The maximum absolute atomic E-state index is 6.09. The van der Waals surface area contributed by atoms with Crippen LogP contribution in [0.25, 0.3) is 0 Å². The van der Waals surface area contributed by atoms with E-state index in [1.54, 1.807) is 12.1 Å². The third-order valence-corrected chi connectivity index (χ3v) is 4.23. The predicted octanol–water partition coefficient (Wildman–Crippen LogP) is 6.02. The molecule has 0 amide bonds. The summed E-state index contributed by atoms with van der Waals surface area (Å²) in [5, 5.41) is 5.32. The predicted molar refractivity (Wildman–Crippen MR) is 82.9 cm³/mol. The molecule has 0 aliphatic heterocycles. The first-order valence-electron chi connectivity index (χ1n) is 5.19. The molecule has 2 aromatic carbocycles. The Hall–Kier alpha value is -0.410. The van der Waals surface area contributed by atoms with Gasteiger partial charge in [-0.2, -0.15) is 0 Å². The van der Waals surface area contributed by atoms with Crippen molar-refractivity contribution in [3.8, 4) is 0 Å². The largest absolute Gasteiger partial charge is 0.381 e. The standard InChI is InChI=1S/C13H9BrCl3N/c14-11-6-10(2-4-13(11)17)18-7-8-5-9(15)1-3-12(8)16/h1-6,18H,7H2. The van der Waals surface area contributed by atoms with Gasteiger partial charge in [0.2, 0.25) is 0 Å². The summed E-state index contributed by atoms with van der Waals surface area (Å²) in [4.78, 5) is 0. The molecule has 0 heterocycles. The molecule has 1 N–H and O–H groups in total. The molecule has 0 aromatic heterocycles. The van der Waals surface area contributed by atoms with E-state index in [1.165, 1.54) is 0 Å². The van der Waals surface area contributed by atoms with Crippen molar-refractivity contribution in [2.75, 3.05) is 5.32 Å². The van der Waals surface area contributed by atoms with Gasteiger partial charge in [-0.25, -0.2) is 0 Å². The van der Waals surface area contributed by atoms with Crippen molar-refractivity contribution in [1.82, 2.24) is 0 Å². The summed E-state index contributed by atoms with van der Waals surface area (Å²) >= 11 is 21.3. The van der Waals surface area contributed by atoms with Gasteiger partial charge in [0.05, 0.1) is 5.02 Å². The Labute approximate surface area is 129 Å². The van der Waals surface area contributed by atoms with Crippen LogP contribution in [0.1, 0.15) is 5.56 Å². The fourth-order valence-corrected chi connectivity index (χ4v) is 2.36. The number of hydrogen-bond acceptors (Lipinski definition) is 1. The van der Waals surface area contributed by atoms with Crippen LogP contribution in [0.2, 0.25) is 15.1 Å². The molecule has 1 nitrogen and oxygen atoms in total. The summed E-state index contributed by atoms with van der Waals surface area (Å²) in [5.74, 6) is 0. The molecule has 0 spiro atoms. The van der Waals surface area contributed by atoms with Crippen LogP contribution >= 0.6 is 50.7 Å². The first-order valence-corrected chi connectivity index (χ1v) is 7.12. The van der Waals surface area contributed by atoms with Crippen LogP contribution in [0, 0.1) is 0 Å². The van der Waals surface area contributed by atoms with Crippen molar-refractivity contribution in [3.05, 3.63) is 61.5 Å². The van der Waals surface area contributed by atoms with Gasteiger partial charge in [-0.1, -0.05) is 34.8 Å². The van der Waals surface area contributed by atoms with E-state index in [0.717, 1.165) is 15.7 Å². The average molecular weight is 365 g/mol. The Kier molecular flexibility index (Phi) is 4.79. The molecule has 0 aliphatic rings. The van der Waals surface area contributed by atoms with Gasteiger partial charge in [-0.3, -0.25) is 0 Å². The van der Waals surface area contributed by atoms with Gasteiger partial charge in [-0.15, -0.1) is 0 Å².